The van der Waals surface area contributed by atoms with Gasteiger partial charge >= 0.3 is 0 Å². The predicted molar refractivity (Wildman–Crippen MR) is 103 cm³/mol. The second-order valence-corrected chi connectivity index (χ2v) is 6.96. The van der Waals surface area contributed by atoms with Gasteiger partial charge in [0.05, 0.1) is 28.7 Å². The number of nitrogens with one attached hydrogen (secondary N) is 1. The third-order valence-corrected chi connectivity index (χ3v) is 4.90. The number of aryl methyl sites for hydroxylation is 2. The van der Waals surface area contributed by atoms with E-state index in [0.717, 1.165) is 61.3 Å². The first kappa shape index (κ1) is 18.6. The normalized spacial score (nSPS) is 16.8. The highest BCUT2D eigenvalue weighted by Crippen LogP contribution is 2.22. The van der Waals surface area contributed by atoms with Crippen molar-refractivity contribution in [2.75, 3.05) is 13.2 Å². The SMILES string of the molecule is CCCc1nn(-c2ccc(C)cc2)c(CC)c1C(=O)NCC1CCCO1. The average Bonchev–Trinajstić information content (AvgIpc) is 3.28. The van der Waals surface area contributed by atoms with Crippen molar-refractivity contribution in [3.05, 3.63) is 46.8 Å². The van der Waals surface area contributed by atoms with Gasteiger partial charge in [0.1, 0.15) is 0 Å². The van der Waals surface area contributed by atoms with Crippen LogP contribution in [0.2, 0.25) is 0 Å². The second-order valence-electron chi connectivity index (χ2n) is 6.96. The molecule has 1 aromatic heterocycles. The molecule has 1 aliphatic rings. The zero-order chi connectivity index (χ0) is 18.5. The molecular weight excluding hydrogens is 326 g/mol. The summed E-state index contributed by atoms with van der Waals surface area (Å²) in [6, 6.07) is 8.27. The Morgan fingerprint density at radius 2 is 2.08 bits per heavy atom. The largest absolute Gasteiger partial charge is 0.376 e. The standard InChI is InChI=1S/C21H29N3O2/c1-4-7-18-20(21(25)22-14-17-8-6-13-26-17)19(5-2)24(23-18)16-11-9-15(3)10-12-16/h9-12,17H,4-8,13-14H2,1-3H3,(H,22,25). The quantitative estimate of drug-likeness (QED) is 0.825. The molecule has 1 amide bonds. The molecule has 1 fully saturated rings. The van der Waals surface area contributed by atoms with Gasteiger partial charge in [-0.05, 0) is 44.7 Å². The van der Waals surface area contributed by atoms with Gasteiger partial charge in [0.2, 0.25) is 0 Å². The molecule has 5 heteroatoms. The molecule has 0 aliphatic carbocycles. The molecule has 1 aliphatic heterocycles. The van der Waals surface area contributed by atoms with Crippen molar-refractivity contribution in [3.8, 4) is 5.69 Å². The minimum Gasteiger partial charge on any atom is -0.376 e. The van der Waals surface area contributed by atoms with Crippen LogP contribution in [0.5, 0.6) is 0 Å². The highest BCUT2D eigenvalue weighted by Gasteiger charge is 2.24. The second kappa shape index (κ2) is 8.49. The number of ether oxygens (including phenoxy) is 1. The summed E-state index contributed by atoms with van der Waals surface area (Å²) in [4.78, 5) is 13.0. The van der Waals surface area contributed by atoms with Crippen molar-refractivity contribution in [1.29, 1.82) is 0 Å². The summed E-state index contributed by atoms with van der Waals surface area (Å²) in [5.41, 5.74) is 4.81. The van der Waals surface area contributed by atoms with Gasteiger partial charge in [-0.25, -0.2) is 4.68 Å². The third kappa shape index (κ3) is 3.98. The molecule has 0 saturated carbocycles. The lowest BCUT2D eigenvalue weighted by Crippen LogP contribution is -2.32. The van der Waals surface area contributed by atoms with E-state index in [1.165, 1.54) is 5.56 Å². The van der Waals surface area contributed by atoms with Gasteiger partial charge < -0.3 is 10.1 Å². The number of benzene rings is 1. The highest BCUT2D eigenvalue weighted by molar-refractivity contribution is 5.96. The van der Waals surface area contributed by atoms with Crippen LogP contribution in [-0.2, 0) is 17.6 Å². The molecule has 140 valence electrons. The van der Waals surface area contributed by atoms with E-state index in [0.29, 0.717) is 6.54 Å². The number of carbonyl (C=O) groups excluding carboxylic acids is 1. The molecule has 1 saturated heterocycles. The molecule has 1 atom stereocenters. The summed E-state index contributed by atoms with van der Waals surface area (Å²) in [6.07, 6.45) is 4.76. The molecule has 0 radical (unpaired) electrons. The summed E-state index contributed by atoms with van der Waals surface area (Å²) >= 11 is 0. The van der Waals surface area contributed by atoms with Crippen LogP contribution >= 0.6 is 0 Å². The highest BCUT2D eigenvalue weighted by atomic mass is 16.5. The van der Waals surface area contributed by atoms with Crippen LogP contribution < -0.4 is 5.32 Å². The van der Waals surface area contributed by atoms with E-state index in [-0.39, 0.29) is 12.0 Å². The number of hydrogen-bond donors (Lipinski definition) is 1. The van der Waals surface area contributed by atoms with Gasteiger partial charge in [0.15, 0.2) is 0 Å². The minimum absolute atomic E-state index is 0.0286. The molecule has 0 bridgehead atoms. The monoisotopic (exact) mass is 355 g/mol. The van der Waals surface area contributed by atoms with Crippen LogP contribution in [0.15, 0.2) is 24.3 Å². The van der Waals surface area contributed by atoms with E-state index in [9.17, 15) is 4.79 Å². The van der Waals surface area contributed by atoms with Gasteiger partial charge in [0, 0.05) is 13.2 Å². The topological polar surface area (TPSA) is 56.2 Å². The number of amides is 1. The van der Waals surface area contributed by atoms with Gasteiger partial charge in [0.25, 0.3) is 5.91 Å². The van der Waals surface area contributed by atoms with Gasteiger partial charge in [-0.2, -0.15) is 5.10 Å². The fourth-order valence-electron chi connectivity index (χ4n) is 3.50. The van der Waals surface area contributed by atoms with E-state index in [1.807, 2.05) is 4.68 Å². The summed E-state index contributed by atoms with van der Waals surface area (Å²) in [5.74, 6) is -0.0286. The van der Waals surface area contributed by atoms with E-state index >= 15 is 0 Å². The Labute approximate surface area is 155 Å². The Kier molecular flexibility index (Phi) is 6.09. The number of carbonyl (C=O) groups is 1. The molecular formula is C21H29N3O2. The lowest BCUT2D eigenvalue weighted by atomic mass is 10.1. The molecule has 0 spiro atoms. The predicted octanol–water partition coefficient (Wildman–Crippen LogP) is 3.60. The maximum absolute atomic E-state index is 13.0. The Morgan fingerprint density at radius 3 is 2.69 bits per heavy atom. The van der Waals surface area contributed by atoms with Crippen molar-refractivity contribution in [1.82, 2.24) is 15.1 Å². The Morgan fingerprint density at radius 1 is 1.31 bits per heavy atom. The van der Waals surface area contributed by atoms with Crippen LogP contribution in [0.4, 0.5) is 0 Å². The van der Waals surface area contributed by atoms with E-state index in [4.69, 9.17) is 9.84 Å². The molecule has 5 nitrogen and oxygen atoms in total. The molecule has 1 aromatic carbocycles. The fourth-order valence-corrected chi connectivity index (χ4v) is 3.50. The molecule has 1 N–H and O–H groups in total. The molecule has 26 heavy (non-hydrogen) atoms. The smallest absolute Gasteiger partial charge is 0.255 e. The van der Waals surface area contributed by atoms with Crippen LogP contribution in [0.1, 0.15) is 60.4 Å². The summed E-state index contributed by atoms with van der Waals surface area (Å²) < 4.78 is 7.56. The zero-order valence-corrected chi connectivity index (χ0v) is 16.0. The molecule has 2 heterocycles. The first-order valence-electron chi connectivity index (χ1n) is 9.71. The Bertz CT molecular complexity index is 743. The lowest BCUT2D eigenvalue weighted by Gasteiger charge is -2.12. The summed E-state index contributed by atoms with van der Waals surface area (Å²) in [5, 5.41) is 7.87. The van der Waals surface area contributed by atoms with Crippen molar-refractivity contribution in [2.24, 2.45) is 0 Å². The number of aromatic nitrogens is 2. The van der Waals surface area contributed by atoms with Crippen molar-refractivity contribution < 1.29 is 9.53 Å². The first-order chi connectivity index (χ1) is 12.6. The van der Waals surface area contributed by atoms with Gasteiger partial charge in [-0.1, -0.05) is 38.0 Å². The first-order valence-corrected chi connectivity index (χ1v) is 9.71. The maximum Gasteiger partial charge on any atom is 0.255 e. The zero-order valence-electron chi connectivity index (χ0n) is 16.0. The molecule has 3 rings (SSSR count). The van der Waals surface area contributed by atoms with Crippen molar-refractivity contribution in [2.45, 2.75) is 59.0 Å². The Balaban J connectivity index is 1.91. The van der Waals surface area contributed by atoms with Crippen molar-refractivity contribution >= 4 is 5.91 Å². The average molecular weight is 355 g/mol. The van der Waals surface area contributed by atoms with E-state index in [2.05, 4.69) is 50.4 Å². The maximum atomic E-state index is 13.0. The fraction of sp³-hybridized carbons (Fsp3) is 0.524. The minimum atomic E-state index is -0.0286. The van der Waals surface area contributed by atoms with Crippen LogP contribution in [-0.4, -0.2) is 34.9 Å². The number of rotatable bonds is 7. The van der Waals surface area contributed by atoms with E-state index in [1.54, 1.807) is 0 Å². The molecule has 1 unspecified atom stereocenters. The third-order valence-electron chi connectivity index (χ3n) is 4.90. The number of nitrogens with zero attached hydrogens (tertiary/aromatic N) is 2. The van der Waals surface area contributed by atoms with Crippen LogP contribution in [0.3, 0.4) is 0 Å². The lowest BCUT2D eigenvalue weighted by molar-refractivity contribution is 0.0856. The van der Waals surface area contributed by atoms with Gasteiger partial charge in [-0.15, -0.1) is 0 Å². The summed E-state index contributed by atoms with van der Waals surface area (Å²) in [6.45, 7) is 7.63. The molecule has 2 aromatic rings. The van der Waals surface area contributed by atoms with E-state index < -0.39 is 0 Å². The number of hydrogen-bond acceptors (Lipinski definition) is 3. The summed E-state index contributed by atoms with van der Waals surface area (Å²) in [7, 11) is 0. The van der Waals surface area contributed by atoms with Crippen molar-refractivity contribution in [3.63, 3.8) is 0 Å². The van der Waals surface area contributed by atoms with Crippen LogP contribution in [0, 0.1) is 6.92 Å². The Hall–Kier alpha value is -2.14. The van der Waals surface area contributed by atoms with Gasteiger partial charge in [-0.3, -0.25) is 4.79 Å². The van der Waals surface area contributed by atoms with Crippen LogP contribution in [0.25, 0.3) is 5.69 Å².